The van der Waals surface area contributed by atoms with Crippen LogP contribution in [0.15, 0.2) is 29.2 Å². The third kappa shape index (κ3) is 9.06. The second kappa shape index (κ2) is 8.28. The van der Waals surface area contributed by atoms with Crippen LogP contribution in [0, 0.1) is 6.92 Å². The zero-order chi connectivity index (χ0) is 15.8. The fourth-order valence-corrected chi connectivity index (χ4v) is 1.58. The van der Waals surface area contributed by atoms with Crippen molar-refractivity contribution in [3.63, 3.8) is 0 Å². The van der Waals surface area contributed by atoms with Crippen LogP contribution in [0.2, 0.25) is 0 Å². The zero-order valence-electron chi connectivity index (χ0n) is 10.8. The van der Waals surface area contributed by atoms with Crippen LogP contribution in [0.3, 0.4) is 0 Å². The van der Waals surface area contributed by atoms with Crippen LogP contribution in [-0.4, -0.2) is 35.1 Å². The first kappa shape index (κ1) is 18.1. The average molecular weight is 304 g/mol. The maximum Gasteiger partial charge on any atom is 0.303 e. The molecule has 0 amide bonds. The van der Waals surface area contributed by atoms with Crippen LogP contribution in [0.1, 0.15) is 24.8 Å². The molecule has 0 atom stereocenters. The Labute approximate surface area is 116 Å². The number of aryl methyl sites for hydroxylation is 1. The molecule has 7 nitrogen and oxygen atoms in total. The van der Waals surface area contributed by atoms with Gasteiger partial charge in [0.1, 0.15) is 0 Å². The minimum atomic E-state index is -4.02. The molecular formula is C12H16O7S. The number of benzene rings is 1. The third-order valence-corrected chi connectivity index (χ3v) is 2.97. The first-order chi connectivity index (χ1) is 9.12. The lowest BCUT2D eigenvalue weighted by Crippen LogP contribution is -1.98. The quantitative estimate of drug-likeness (QED) is 0.704. The minimum absolute atomic E-state index is 0.0632. The summed E-state index contributed by atoms with van der Waals surface area (Å²) in [5.74, 6) is -1.90. The maximum absolute atomic E-state index is 10.5. The Morgan fingerprint density at radius 2 is 1.40 bits per heavy atom. The van der Waals surface area contributed by atoms with E-state index in [4.69, 9.17) is 14.8 Å². The average Bonchev–Trinajstić information content (AvgIpc) is 2.28. The highest BCUT2D eigenvalue weighted by molar-refractivity contribution is 7.85. The first-order valence-corrected chi connectivity index (χ1v) is 7.04. The molecule has 0 saturated heterocycles. The summed E-state index contributed by atoms with van der Waals surface area (Å²) in [4.78, 5) is 19.5. The van der Waals surface area contributed by atoms with Gasteiger partial charge in [0.05, 0.1) is 4.90 Å². The highest BCUT2D eigenvalue weighted by Gasteiger charge is 2.06. The van der Waals surface area contributed by atoms with Gasteiger partial charge < -0.3 is 10.2 Å². The Balaban J connectivity index is 0.000000370. The summed E-state index contributed by atoms with van der Waals surface area (Å²) < 4.78 is 29.6. The first-order valence-electron chi connectivity index (χ1n) is 5.60. The van der Waals surface area contributed by atoms with Gasteiger partial charge in [0.15, 0.2) is 0 Å². The molecule has 0 radical (unpaired) electrons. The lowest BCUT2D eigenvalue weighted by molar-refractivity contribution is -0.138. The number of carboxylic acid groups (broad SMARTS) is 2. The van der Waals surface area contributed by atoms with E-state index in [1.54, 1.807) is 12.1 Å². The predicted molar refractivity (Wildman–Crippen MR) is 70.1 cm³/mol. The Hall–Kier alpha value is -1.93. The molecule has 0 saturated carbocycles. The van der Waals surface area contributed by atoms with Crippen molar-refractivity contribution in [1.82, 2.24) is 0 Å². The molecule has 0 spiro atoms. The predicted octanol–water partition coefficient (Wildman–Crippen LogP) is 1.57. The Morgan fingerprint density at radius 1 is 1.00 bits per heavy atom. The van der Waals surface area contributed by atoms with Crippen LogP contribution in [0.4, 0.5) is 0 Å². The molecular weight excluding hydrogens is 288 g/mol. The Kier molecular flexibility index (Phi) is 7.48. The molecule has 0 unspecified atom stereocenters. The van der Waals surface area contributed by atoms with Crippen molar-refractivity contribution < 1.29 is 32.8 Å². The van der Waals surface area contributed by atoms with E-state index in [2.05, 4.69) is 0 Å². The van der Waals surface area contributed by atoms with Crippen LogP contribution < -0.4 is 0 Å². The lowest BCUT2D eigenvalue weighted by Gasteiger charge is -1.95. The number of carboxylic acids is 2. The fraction of sp³-hybridized carbons (Fsp3) is 0.333. The zero-order valence-corrected chi connectivity index (χ0v) is 11.6. The molecule has 0 fully saturated rings. The monoisotopic (exact) mass is 304 g/mol. The number of rotatable bonds is 5. The lowest BCUT2D eigenvalue weighted by atomic mass is 10.2. The normalized spacial score (nSPS) is 10.3. The summed E-state index contributed by atoms with van der Waals surface area (Å²) in [7, 11) is -4.02. The molecule has 0 bridgehead atoms. The molecule has 3 N–H and O–H groups in total. The summed E-state index contributed by atoms with van der Waals surface area (Å²) in [6.45, 7) is 1.84. The number of carbonyl (C=O) groups is 2. The molecule has 8 heteroatoms. The summed E-state index contributed by atoms with van der Waals surface area (Å²) in [6, 6.07) is 5.99. The number of aliphatic carboxylic acids is 2. The van der Waals surface area contributed by atoms with Crippen LogP contribution in [-0.2, 0) is 19.7 Å². The van der Waals surface area contributed by atoms with Crippen molar-refractivity contribution in [3.05, 3.63) is 29.8 Å². The van der Waals surface area contributed by atoms with Gasteiger partial charge in [-0.1, -0.05) is 17.7 Å². The van der Waals surface area contributed by atoms with Crippen molar-refractivity contribution in [2.75, 3.05) is 0 Å². The Morgan fingerprint density at radius 3 is 1.70 bits per heavy atom. The van der Waals surface area contributed by atoms with Crippen molar-refractivity contribution in [3.8, 4) is 0 Å². The highest BCUT2D eigenvalue weighted by Crippen LogP contribution is 2.08. The highest BCUT2D eigenvalue weighted by atomic mass is 32.2. The van der Waals surface area contributed by atoms with E-state index in [9.17, 15) is 18.0 Å². The van der Waals surface area contributed by atoms with Crippen molar-refractivity contribution in [1.29, 1.82) is 0 Å². The van der Waals surface area contributed by atoms with Gasteiger partial charge in [-0.3, -0.25) is 14.1 Å². The van der Waals surface area contributed by atoms with Gasteiger partial charge >= 0.3 is 11.9 Å². The molecule has 0 aliphatic heterocycles. The number of hydrogen-bond acceptors (Lipinski definition) is 4. The fourth-order valence-electron chi connectivity index (χ4n) is 1.10. The second-order valence-electron chi connectivity index (χ2n) is 3.93. The Bertz CT molecular complexity index is 532. The van der Waals surface area contributed by atoms with E-state index in [-0.39, 0.29) is 24.2 Å². The van der Waals surface area contributed by atoms with Crippen LogP contribution >= 0.6 is 0 Å². The smallest absolute Gasteiger partial charge is 0.303 e. The van der Waals surface area contributed by atoms with E-state index in [1.165, 1.54) is 12.1 Å². The van der Waals surface area contributed by atoms with Gasteiger partial charge in [-0.25, -0.2) is 0 Å². The van der Waals surface area contributed by atoms with Gasteiger partial charge in [-0.15, -0.1) is 0 Å². The van der Waals surface area contributed by atoms with Crippen molar-refractivity contribution in [2.24, 2.45) is 0 Å². The molecule has 112 valence electrons. The standard InChI is InChI=1S/C7H8O3S.C5H8O4/c1-6-2-4-7(5-3-6)11(8,9)10;6-4(7)2-1-3-5(8)9/h2-5H,1H3,(H,8,9,10);1-3H2,(H,6,7)(H,8,9). The molecule has 1 rings (SSSR count). The molecule has 0 heterocycles. The van der Waals surface area contributed by atoms with E-state index in [0.29, 0.717) is 0 Å². The van der Waals surface area contributed by atoms with Gasteiger partial charge in [0.2, 0.25) is 0 Å². The van der Waals surface area contributed by atoms with Crippen molar-refractivity contribution in [2.45, 2.75) is 31.1 Å². The van der Waals surface area contributed by atoms with Crippen molar-refractivity contribution >= 4 is 22.1 Å². The molecule has 1 aromatic rings. The van der Waals surface area contributed by atoms with Gasteiger partial charge in [-0.2, -0.15) is 8.42 Å². The summed E-state index contributed by atoms with van der Waals surface area (Å²) in [5, 5.41) is 16.1. The SMILES string of the molecule is Cc1ccc(S(=O)(=O)O)cc1.O=C(O)CCCC(=O)O. The summed E-state index contributed by atoms with van der Waals surface area (Å²) >= 11 is 0. The van der Waals surface area contributed by atoms with Crippen LogP contribution in [0.25, 0.3) is 0 Å². The largest absolute Gasteiger partial charge is 0.481 e. The van der Waals surface area contributed by atoms with Gasteiger partial charge in [-0.05, 0) is 25.5 Å². The van der Waals surface area contributed by atoms with E-state index < -0.39 is 22.1 Å². The van der Waals surface area contributed by atoms with Gasteiger partial charge in [0, 0.05) is 12.8 Å². The number of hydrogen-bond donors (Lipinski definition) is 3. The molecule has 1 aromatic carbocycles. The molecule has 0 aromatic heterocycles. The van der Waals surface area contributed by atoms with Gasteiger partial charge in [0.25, 0.3) is 10.1 Å². The van der Waals surface area contributed by atoms with Crippen LogP contribution in [0.5, 0.6) is 0 Å². The minimum Gasteiger partial charge on any atom is -0.481 e. The molecule has 0 aliphatic rings. The van der Waals surface area contributed by atoms with E-state index in [1.807, 2.05) is 6.92 Å². The topological polar surface area (TPSA) is 129 Å². The maximum atomic E-state index is 10.5. The molecule has 0 aliphatic carbocycles. The van der Waals surface area contributed by atoms with E-state index in [0.717, 1.165) is 5.56 Å². The summed E-state index contributed by atoms with van der Waals surface area (Å²) in [6.07, 6.45) is 0.0866. The second-order valence-corrected chi connectivity index (χ2v) is 5.35. The summed E-state index contributed by atoms with van der Waals surface area (Å²) in [5.41, 5.74) is 0.956. The molecule has 20 heavy (non-hydrogen) atoms. The third-order valence-electron chi connectivity index (χ3n) is 2.10. The van der Waals surface area contributed by atoms with E-state index >= 15 is 0 Å².